The minimum absolute atomic E-state index is 0.712. The average molecular weight is 170 g/mol. The minimum Gasteiger partial charge on any atom is -0.426 e. The van der Waals surface area contributed by atoms with Crippen molar-refractivity contribution in [2.24, 2.45) is 0 Å². The van der Waals surface area contributed by atoms with Crippen LogP contribution in [0.5, 0.6) is 0 Å². The molecule has 0 saturated carbocycles. The highest BCUT2D eigenvalue weighted by atomic mass is 35.5. The van der Waals surface area contributed by atoms with E-state index in [1.807, 2.05) is 6.07 Å². The molecule has 1 aromatic rings. The van der Waals surface area contributed by atoms with Gasteiger partial charge in [0, 0.05) is 0 Å². The number of benzene rings is 1. The second kappa shape index (κ2) is 3.76. The Kier molecular flexibility index (Phi) is 2.94. The van der Waals surface area contributed by atoms with Crippen molar-refractivity contribution in [2.75, 3.05) is 0 Å². The molecule has 0 aliphatic heterocycles. The Morgan fingerprint density at radius 3 is 2.18 bits per heavy atom. The molecular formula is C7H8BClO2. The van der Waals surface area contributed by atoms with Gasteiger partial charge in [0.15, 0.2) is 0 Å². The van der Waals surface area contributed by atoms with Crippen LogP contribution in [0.3, 0.4) is 0 Å². The molecule has 4 heteroatoms. The topological polar surface area (TPSA) is 40.5 Å². The van der Waals surface area contributed by atoms with E-state index in [0.29, 0.717) is 5.56 Å². The lowest BCUT2D eigenvalue weighted by atomic mass is 9.81. The molecule has 0 bridgehead atoms. The van der Waals surface area contributed by atoms with Crippen LogP contribution in [-0.4, -0.2) is 17.2 Å². The summed E-state index contributed by atoms with van der Waals surface area (Å²) in [5, 5.41) is 16.7. The van der Waals surface area contributed by atoms with Gasteiger partial charge in [-0.3, -0.25) is 0 Å². The SMILES string of the molecule is OB(O)[C@H](Cl)c1ccccc1. The van der Waals surface area contributed by atoms with E-state index >= 15 is 0 Å². The Hall–Kier alpha value is -0.505. The summed E-state index contributed by atoms with van der Waals surface area (Å²) < 4.78 is 0. The zero-order valence-electron chi connectivity index (χ0n) is 5.81. The highest BCUT2D eigenvalue weighted by Gasteiger charge is 2.21. The van der Waals surface area contributed by atoms with Gasteiger partial charge < -0.3 is 10.0 Å². The second-order valence-electron chi connectivity index (χ2n) is 2.23. The maximum Gasteiger partial charge on any atom is 0.475 e. The summed E-state index contributed by atoms with van der Waals surface area (Å²) in [4.78, 5) is 0. The fourth-order valence-electron chi connectivity index (χ4n) is 0.809. The van der Waals surface area contributed by atoms with E-state index in [-0.39, 0.29) is 0 Å². The molecule has 0 amide bonds. The van der Waals surface area contributed by atoms with Crippen molar-refractivity contribution in [2.45, 2.75) is 5.28 Å². The number of halogens is 1. The molecule has 0 saturated heterocycles. The van der Waals surface area contributed by atoms with Gasteiger partial charge in [0.25, 0.3) is 0 Å². The lowest BCUT2D eigenvalue weighted by Crippen LogP contribution is -2.18. The molecule has 1 aromatic carbocycles. The fraction of sp³-hybridized carbons (Fsp3) is 0.143. The lowest BCUT2D eigenvalue weighted by molar-refractivity contribution is 0.402. The number of rotatable bonds is 2. The number of hydrogen-bond acceptors (Lipinski definition) is 2. The van der Waals surface area contributed by atoms with Gasteiger partial charge in [0.2, 0.25) is 0 Å². The van der Waals surface area contributed by atoms with Crippen LogP contribution in [-0.2, 0) is 0 Å². The summed E-state index contributed by atoms with van der Waals surface area (Å²) in [5.74, 6) is 0. The van der Waals surface area contributed by atoms with Gasteiger partial charge in [0.1, 0.15) is 0 Å². The smallest absolute Gasteiger partial charge is 0.426 e. The maximum atomic E-state index is 8.70. The predicted octanol–water partition coefficient (Wildman–Crippen LogP) is 0.978. The van der Waals surface area contributed by atoms with Gasteiger partial charge >= 0.3 is 7.12 Å². The monoisotopic (exact) mass is 170 g/mol. The summed E-state index contributed by atoms with van der Waals surface area (Å²) in [6, 6.07) is 8.94. The van der Waals surface area contributed by atoms with Gasteiger partial charge in [-0.15, -0.1) is 11.6 Å². The van der Waals surface area contributed by atoms with Crippen molar-refractivity contribution in [3.05, 3.63) is 35.9 Å². The van der Waals surface area contributed by atoms with Crippen LogP contribution in [0.4, 0.5) is 0 Å². The first-order chi connectivity index (χ1) is 5.22. The first-order valence-electron chi connectivity index (χ1n) is 3.27. The van der Waals surface area contributed by atoms with Crippen molar-refractivity contribution < 1.29 is 10.0 Å². The molecule has 11 heavy (non-hydrogen) atoms. The molecule has 0 aliphatic rings. The average Bonchev–Trinajstić information content (AvgIpc) is 2.05. The summed E-state index contributed by atoms with van der Waals surface area (Å²) in [5.41, 5.74) is 0.712. The third kappa shape index (κ3) is 2.22. The highest BCUT2D eigenvalue weighted by Crippen LogP contribution is 2.20. The normalized spacial score (nSPS) is 12.6. The van der Waals surface area contributed by atoms with Crippen LogP contribution in [0, 0.1) is 0 Å². The molecule has 0 fully saturated rings. The van der Waals surface area contributed by atoms with Gasteiger partial charge in [-0.05, 0) is 5.56 Å². The van der Waals surface area contributed by atoms with E-state index in [0.717, 1.165) is 0 Å². The van der Waals surface area contributed by atoms with Crippen molar-refractivity contribution in [1.82, 2.24) is 0 Å². The van der Waals surface area contributed by atoms with Gasteiger partial charge in [-0.2, -0.15) is 0 Å². The van der Waals surface area contributed by atoms with Crippen molar-refractivity contribution >= 4 is 18.7 Å². The first kappa shape index (κ1) is 8.59. The fourth-order valence-corrected chi connectivity index (χ4v) is 0.955. The Morgan fingerprint density at radius 1 is 1.18 bits per heavy atom. The largest absolute Gasteiger partial charge is 0.475 e. The summed E-state index contributed by atoms with van der Waals surface area (Å²) in [6.45, 7) is 0. The molecule has 58 valence electrons. The Bertz CT molecular complexity index is 215. The van der Waals surface area contributed by atoms with Crippen LogP contribution >= 0.6 is 11.6 Å². The lowest BCUT2D eigenvalue weighted by Gasteiger charge is -2.06. The predicted molar refractivity (Wildman–Crippen MR) is 45.2 cm³/mol. The van der Waals surface area contributed by atoms with Crippen LogP contribution in [0.25, 0.3) is 0 Å². The third-order valence-electron chi connectivity index (χ3n) is 1.38. The molecule has 0 heterocycles. The Labute approximate surface area is 70.6 Å². The van der Waals surface area contributed by atoms with Gasteiger partial charge in [-0.1, -0.05) is 30.3 Å². The van der Waals surface area contributed by atoms with E-state index in [2.05, 4.69) is 0 Å². The highest BCUT2D eigenvalue weighted by molar-refractivity contribution is 6.56. The molecule has 0 radical (unpaired) electrons. The molecule has 0 spiro atoms. The summed E-state index contributed by atoms with van der Waals surface area (Å²) >= 11 is 5.64. The van der Waals surface area contributed by atoms with E-state index < -0.39 is 12.4 Å². The third-order valence-corrected chi connectivity index (χ3v) is 1.86. The quantitative estimate of drug-likeness (QED) is 0.513. The second-order valence-corrected chi connectivity index (χ2v) is 2.70. The Balaban J connectivity index is 2.77. The molecule has 1 rings (SSSR count). The molecule has 1 atom stereocenters. The molecule has 0 aromatic heterocycles. The van der Waals surface area contributed by atoms with Crippen LogP contribution in [0.15, 0.2) is 30.3 Å². The molecule has 0 aliphatic carbocycles. The number of hydrogen-bond donors (Lipinski definition) is 2. The van der Waals surface area contributed by atoms with E-state index in [4.69, 9.17) is 21.6 Å². The zero-order valence-corrected chi connectivity index (χ0v) is 6.57. The minimum atomic E-state index is -1.50. The van der Waals surface area contributed by atoms with Crippen LogP contribution in [0.1, 0.15) is 10.8 Å². The Morgan fingerprint density at radius 2 is 1.73 bits per heavy atom. The van der Waals surface area contributed by atoms with E-state index in [1.165, 1.54) is 0 Å². The van der Waals surface area contributed by atoms with E-state index in [1.54, 1.807) is 24.3 Å². The van der Waals surface area contributed by atoms with Crippen molar-refractivity contribution in [3.63, 3.8) is 0 Å². The molecule has 2 N–H and O–H groups in total. The summed E-state index contributed by atoms with van der Waals surface area (Å²) in [6.07, 6.45) is 0. The summed E-state index contributed by atoms with van der Waals surface area (Å²) in [7, 11) is -1.50. The molecular weight excluding hydrogens is 162 g/mol. The van der Waals surface area contributed by atoms with Gasteiger partial charge in [-0.25, -0.2) is 0 Å². The van der Waals surface area contributed by atoms with E-state index in [9.17, 15) is 0 Å². The van der Waals surface area contributed by atoms with Gasteiger partial charge in [0.05, 0.1) is 5.28 Å². The van der Waals surface area contributed by atoms with Crippen LogP contribution in [0.2, 0.25) is 0 Å². The maximum absolute atomic E-state index is 8.70. The van der Waals surface area contributed by atoms with Crippen molar-refractivity contribution in [1.29, 1.82) is 0 Å². The van der Waals surface area contributed by atoms with Crippen molar-refractivity contribution in [3.8, 4) is 0 Å². The molecule has 0 unspecified atom stereocenters. The number of alkyl halides is 1. The molecule has 2 nitrogen and oxygen atoms in total. The zero-order chi connectivity index (χ0) is 8.27. The van der Waals surface area contributed by atoms with Crippen LogP contribution < -0.4 is 0 Å². The standard InChI is InChI=1S/C7H8BClO2/c9-7(8(10)11)6-4-2-1-3-5-6/h1-5,7,10-11H/t7-/m1/s1. The first-order valence-corrected chi connectivity index (χ1v) is 3.70.